The van der Waals surface area contributed by atoms with E-state index < -0.39 is 11.4 Å². The number of piperazine rings is 1. The summed E-state index contributed by atoms with van der Waals surface area (Å²) in [6.07, 6.45) is 12.0. The fraction of sp³-hybridized carbons (Fsp3) is 0.364. The standard InChI is InChI=1S/C22H29N7OS2/c1-16(12-19(4-3-7-23)28-8-10-29(11-9-28)32(2)30)26-22-27-20-6-5-17(13-21(20)31-22)18-14-24-25-15-18/h3,5-7,12-16H,4,8-11,23H2,1-2H3,(H,24,25)(H,26,27)/b7-3-,19-12+. The Labute approximate surface area is 195 Å². The molecular formula is C22H29N7OS2. The molecule has 1 saturated heterocycles. The number of anilines is 1. The van der Waals surface area contributed by atoms with Crippen molar-refractivity contribution in [3.63, 3.8) is 0 Å². The van der Waals surface area contributed by atoms with Gasteiger partial charge in [0.1, 0.15) is 6.26 Å². The summed E-state index contributed by atoms with van der Waals surface area (Å²) in [7, 11) is 0. The molecule has 2 unspecified atom stereocenters. The molecule has 4 N–H and O–H groups in total. The van der Waals surface area contributed by atoms with Crippen LogP contribution in [0.5, 0.6) is 0 Å². The lowest BCUT2D eigenvalue weighted by atomic mass is 10.1. The monoisotopic (exact) mass is 471 g/mol. The number of hydrogen-bond donors (Lipinski definition) is 3. The fourth-order valence-corrected chi connectivity index (χ4v) is 5.50. The van der Waals surface area contributed by atoms with Gasteiger partial charge in [0.15, 0.2) is 5.13 Å². The topological polar surface area (TPSA) is 109 Å². The summed E-state index contributed by atoms with van der Waals surface area (Å²) in [6.45, 7) is 5.44. The molecule has 10 heteroatoms. The number of hydrogen-bond acceptors (Lipinski definition) is 8. The number of benzene rings is 1. The Balaban J connectivity index is 1.46. The van der Waals surface area contributed by atoms with Crippen molar-refractivity contribution in [1.82, 2.24) is 24.4 Å². The van der Waals surface area contributed by atoms with E-state index in [1.165, 1.54) is 5.70 Å². The molecule has 3 aromatic rings. The number of thiazole rings is 1. The first-order chi connectivity index (χ1) is 15.5. The Morgan fingerprint density at radius 3 is 2.84 bits per heavy atom. The first-order valence-corrected chi connectivity index (χ1v) is 12.9. The molecule has 3 heterocycles. The Hall–Kier alpha value is -2.53. The summed E-state index contributed by atoms with van der Waals surface area (Å²) in [5, 5.41) is 11.3. The Morgan fingerprint density at radius 1 is 1.34 bits per heavy atom. The van der Waals surface area contributed by atoms with Gasteiger partial charge in [-0.3, -0.25) is 5.10 Å². The number of fused-ring (bicyclic) bond motifs is 1. The zero-order chi connectivity index (χ0) is 22.5. The summed E-state index contributed by atoms with van der Waals surface area (Å²) < 4.78 is 14.9. The second kappa shape index (κ2) is 10.4. The van der Waals surface area contributed by atoms with Crippen molar-refractivity contribution in [2.45, 2.75) is 19.4 Å². The maximum Gasteiger partial charge on any atom is 0.184 e. The first kappa shape index (κ1) is 22.7. The van der Waals surface area contributed by atoms with Crippen molar-refractivity contribution >= 4 is 38.0 Å². The number of allylic oxidation sites excluding steroid dienone is 1. The van der Waals surface area contributed by atoms with E-state index in [1.54, 1.807) is 23.8 Å². The van der Waals surface area contributed by atoms with E-state index >= 15 is 0 Å². The predicted molar refractivity (Wildman–Crippen MR) is 134 cm³/mol. The number of nitrogens with two attached hydrogens (primary N) is 1. The van der Waals surface area contributed by atoms with Gasteiger partial charge < -0.3 is 20.5 Å². The van der Waals surface area contributed by atoms with Crippen molar-refractivity contribution in [1.29, 1.82) is 0 Å². The van der Waals surface area contributed by atoms with E-state index in [0.717, 1.165) is 59.1 Å². The molecule has 0 spiro atoms. The van der Waals surface area contributed by atoms with Crippen molar-refractivity contribution in [3.05, 3.63) is 54.6 Å². The van der Waals surface area contributed by atoms with Crippen LogP contribution in [0.25, 0.3) is 21.3 Å². The molecule has 32 heavy (non-hydrogen) atoms. The van der Waals surface area contributed by atoms with Gasteiger partial charge in [-0.05, 0) is 36.9 Å². The molecule has 2 aromatic heterocycles. The van der Waals surface area contributed by atoms with Crippen LogP contribution in [0, 0.1) is 0 Å². The van der Waals surface area contributed by atoms with E-state index in [0.29, 0.717) is 0 Å². The van der Waals surface area contributed by atoms with Crippen LogP contribution in [0.2, 0.25) is 0 Å². The van der Waals surface area contributed by atoms with Gasteiger partial charge in [0.25, 0.3) is 0 Å². The van der Waals surface area contributed by atoms with Gasteiger partial charge in [-0.1, -0.05) is 23.5 Å². The number of aromatic nitrogens is 3. The molecule has 1 aliphatic rings. The highest BCUT2D eigenvalue weighted by Crippen LogP contribution is 2.30. The van der Waals surface area contributed by atoms with Crippen LogP contribution in [0.1, 0.15) is 13.3 Å². The van der Waals surface area contributed by atoms with Crippen molar-refractivity contribution in [2.75, 3.05) is 37.8 Å². The van der Waals surface area contributed by atoms with E-state index in [4.69, 9.17) is 10.7 Å². The Kier molecular flexibility index (Phi) is 7.36. The molecule has 0 radical (unpaired) electrons. The minimum Gasteiger partial charge on any atom is -0.598 e. The van der Waals surface area contributed by atoms with Gasteiger partial charge in [0.2, 0.25) is 0 Å². The number of nitrogens with zero attached hydrogens (tertiary/aromatic N) is 4. The zero-order valence-electron chi connectivity index (χ0n) is 18.3. The summed E-state index contributed by atoms with van der Waals surface area (Å²) in [6, 6.07) is 6.37. The molecule has 170 valence electrons. The molecule has 0 amide bonds. The molecule has 0 saturated carbocycles. The largest absolute Gasteiger partial charge is 0.598 e. The van der Waals surface area contributed by atoms with Gasteiger partial charge in [-0.15, -0.1) is 4.31 Å². The van der Waals surface area contributed by atoms with Crippen molar-refractivity contribution in [3.8, 4) is 11.1 Å². The second-order valence-electron chi connectivity index (χ2n) is 7.75. The molecular weight excluding hydrogens is 442 g/mol. The fourth-order valence-electron chi connectivity index (χ4n) is 3.82. The lowest BCUT2D eigenvalue weighted by Crippen LogP contribution is -2.47. The van der Waals surface area contributed by atoms with Gasteiger partial charge in [-0.25, -0.2) is 4.98 Å². The zero-order valence-corrected chi connectivity index (χ0v) is 20.0. The van der Waals surface area contributed by atoms with Crippen LogP contribution in [0.4, 0.5) is 5.13 Å². The van der Waals surface area contributed by atoms with E-state index in [1.807, 2.05) is 22.8 Å². The third-order valence-electron chi connectivity index (χ3n) is 5.49. The van der Waals surface area contributed by atoms with Crippen molar-refractivity contribution < 1.29 is 4.55 Å². The molecule has 2 atom stereocenters. The molecule has 0 aliphatic carbocycles. The normalized spacial score (nSPS) is 17.8. The number of rotatable bonds is 8. The Morgan fingerprint density at radius 2 is 2.16 bits per heavy atom. The summed E-state index contributed by atoms with van der Waals surface area (Å²) in [5.41, 5.74) is 10.00. The minimum atomic E-state index is -0.914. The third-order valence-corrected chi connectivity index (χ3v) is 7.53. The van der Waals surface area contributed by atoms with Gasteiger partial charge in [-0.2, -0.15) is 5.10 Å². The van der Waals surface area contributed by atoms with E-state index in [2.05, 4.69) is 51.6 Å². The van der Waals surface area contributed by atoms with Crippen LogP contribution < -0.4 is 11.1 Å². The SMILES string of the molecule is CC(/C=C(\C/C=C\N)N1CCN([S+](C)[O-])CC1)Nc1nc2ccc(-c3cn[nH]c3)cc2s1. The lowest BCUT2D eigenvalue weighted by molar-refractivity contribution is 0.226. The predicted octanol–water partition coefficient (Wildman–Crippen LogP) is 3.14. The summed E-state index contributed by atoms with van der Waals surface area (Å²) >= 11 is 0.737. The van der Waals surface area contributed by atoms with Crippen LogP contribution in [-0.4, -0.2) is 67.4 Å². The van der Waals surface area contributed by atoms with E-state index in [-0.39, 0.29) is 6.04 Å². The van der Waals surface area contributed by atoms with Gasteiger partial charge in [0.05, 0.1) is 29.5 Å². The number of H-pyrrole nitrogens is 1. The van der Waals surface area contributed by atoms with Gasteiger partial charge >= 0.3 is 0 Å². The number of aromatic amines is 1. The molecule has 1 fully saturated rings. The summed E-state index contributed by atoms with van der Waals surface area (Å²) in [4.78, 5) is 7.11. The first-order valence-electron chi connectivity index (χ1n) is 10.6. The lowest BCUT2D eigenvalue weighted by Gasteiger charge is -2.36. The summed E-state index contributed by atoms with van der Waals surface area (Å²) in [5.74, 6) is 0. The average molecular weight is 472 g/mol. The number of nitrogens with one attached hydrogen (secondary N) is 2. The maximum absolute atomic E-state index is 11.7. The minimum absolute atomic E-state index is 0.100. The molecule has 1 aromatic carbocycles. The highest BCUT2D eigenvalue weighted by atomic mass is 32.2. The highest BCUT2D eigenvalue weighted by molar-refractivity contribution is 7.88. The van der Waals surface area contributed by atoms with Crippen LogP contribution in [0.15, 0.2) is 54.6 Å². The quantitative estimate of drug-likeness (QED) is 0.433. The molecule has 0 bridgehead atoms. The van der Waals surface area contributed by atoms with Gasteiger partial charge in [0, 0.05) is 54.4 Å². The molecule has 1 aliphatic heterocycles. The highest BCUT2D eigenvalue weighted by Gasteiger charge is 2.24. The van der Waals surface area contributed by atoms with Crippen molar-refractivity contribution in [2.24, 2.45) is 5.73 Å². The third kappa shape index (κ3) is 5.44. The second-order valence-corrected chi connectivity index (χ2v) is 10.1. The van der Waals surface area contributed by atoms with Crippen LogP contribution >= 0.6 is 11.3 Å². The van der Waals surface area contributed by atoms with Crippen LogP contribution in [0.3, 0.4) is 0 Å². The molecule has 8 nitrogen and oxygen atoms in total. The smallest absolute Gasteiger partial charge is 0.184 e. The molecule has 4 rings (SSSR count). The average Bonchev–Trinajstić information content (AvgIpc) is 3.45. The maximum atomic E-state index is 11.7. The Bertz CT molecular complexity index is 1070. The van der Waals surface area contributed by atoms with Crippen LogP contribution in [-0.2, 0) is 11.4 Å². The van der Waals surface area contributed by atoms with E-state index in [9.17, 15) is 4.55 Å².